The van der Waals surface area contributed by atoms with Crippen LogP contribution in [0.4, 0.5) is 0 Å². The average molecular weight is 266 g/mol. The van der Waals surface area contributed by atoms with Gasteiger partial charge in [-0.05, 0) is 37.3 Å². The molecule has 0 aliphatic rings. The second kappa shape index (κ2) is 5.54. The van der Waals surface area contributed by atoms with Crippen molar-refractivity contribution in [3.05, 3.63) is 53.2 Å². The molecule has 2 nitrogen and oxygen atoms in total. The van der Waals surface area contributed by atoms with Crippen LogP contribution in [0.15, 0.2) is 52.5 Å². The summed E-state index contributed by atoms with van der Waals surface area (Å²) in [7, 11) is 0. The molecule has 0 aliphatic carbocycles. The van der Waals surface area contributed by atoms with E-state index in [0.717, 1.165) is 15.5 Å². The van der Waals surface area contributed by atoms with E-state index in [-0.39, 0.29) is 0 Å². The van der Waals surface area contributed by atoms with Crippen molar-refractivity contribution in [3.63, 3.8) is 0 Å². The fourth-order valence-electron chi connectivity index (χ4n) is 1.42. The molecule has 0 radical (unpaired) electrons. The maximum absolute atomic E-state index is 9.65. The van der Waals surface area contributed by atoms with Crippen molar-refractivity contribution in [1.82, 2.24) is 4.98 Å². The summed E-state index contributed by atoms with van der Waals surface area (Å²) in [4.78, 5) is 5.34. The molecule has 17 heavy (non-hydrogen) atoms. The highest BCUT2D eigenvalue weighted by atomic mass is 35.5. The van der Waals surface area contributed by atoms with Crippen LogP contribution in [0.1, 0.15) is 18.6 Å². The Bertz CT molecular complexity index is 499. The summed E-state index contributed by atoms with van der Waals surface area (Å²) < 4.78 is 0. The van der Waals surface area contributed by atoms with Gasteiger partial charge in [-0.25, -0.2) is 4.98 Å². The van der Waals surface area contributed by atoms with E-state index in [4.69, 9.17) is 11.6 Å². The molecule has 2 rings (SSSR count). The van der Waals surface area contributed by atoms with E-state index in [1.54, 1.807) is 13.1 Å². The highest BCUT2D eigenvalue weighted by Gasteiger charge is 2.09. The van der Waals surface area contributed by atoms with E-state index < -0.39 is 6.10 Å². The number of nitrogens with zero attached hydrogens (tertiary/aromatic N) is 1. The second-order valence-corrected chi connectivity index (χ2v) is 5.13. The van der Waals surface area contributed by atoms with Gasteiger partial charge in [0.25, 0.3) is 0 Å². The van der Waals surface area contributed by atoms with Crippen LogP contribution in [0.25, 0.3) is 0 Å². The van der Waals surface area contributed by atoms with Gasteiger partial charge >= 0.3 is 0 Å². The van der Waals surface area contributed by atoms with Crippen LogP contribution in [0.2, 0.25) is 5.02 Å². The minimum absolute atomic E-state index is 0.515. The molecule has 1 atom stereocenters. The number of aliphatic hydroxyl groups excluding tert-OH is 1. The number of aliphatic hydroxyl groups is 1. The first-order chi connectivity index (χ1) is 8.16. The van der Waals surface area contributed by atoms with Gasteiger partial charge in [-0.2, -0.15) is 0 Å². The van der Waals surface area contributed by atoms with Crippen LogP contribution in [0.3, 0.4) is 0 Å². The zero-order chi connectivity index (χ0) is 12.3. The van der Waals surface area contributed by atoms with E-state index in [2.05, 4.69) is 4.98 Å². The van der Waals surface area contributed by atoms with Crippen LogP contribution in [-0.2, 0) is 0 Å². The van der Waals surface area contributed by atoms with Gasteiger partial charge < -0.3 is 5.11 Å². The van der Waals surface area contributed by atoms with E-state index in [1.165, 1.54) is 11.8 Å². The van der Waals surface area contributed by atoms with Crippen molar-refractivity contribution in [2.24, 2.45) is 0 Å². The van der Waals surface area contributed by atoms with Gasteiger partial charge in [0.15, 0.2) is 0 Å². The molecular formula is C13H12ClNOS. The summed E-state index contributed by atoms with van der Waals surface area (Å²) in [5, 5.41) is 11.2. The maximum atomic E-state index is 9.65. The fourth-order valence-corrected chi connectivity index (χ4v) is 2.51. The molecule has 0 saturated carbocycles. The minimum Gasteiger partial charge on any atom is -0.389 e. The van der Waals surface area contributed by atoms with Gasteiger partial charge in [-0.3, -0.25) is 0 Å². The van der Waals surface area contributed by atoms with Crippen LogP contribution in [-0.4, -0.2) is 10.1 Å². The lowest BCUT2D eigenvalue weighted by atomic mass is 10.2. The zero-order valence-corrected chi connectivity index (χ0v) is 10.9. The number of hydrogen-bond donors (Lipinski definition) is 1. The molecule has 0 unspecified atom stereocenters. The van der Waals surface area contributed by atoms with Crippen LogP contribution in [0, 0.1) is 0 Å². The smallest absolute Gasteiger partial charge is 0.106 e. The molecular weight excluding hydrogens is 254 g/mol. The third-order valence-electron chi connectivity index (χ3n) is 2.28. The Kier molecular flexibility index (Phi) is 4.05. The van der Waals surface area contributed by atoms with Crippen molar-refractivity contribution >= 4 is 23.4 Å². The predicted octanol–water partition coefficient (Wildman–Crippen LogP) is 3.94. The van der Waals surface area contributed by atoms with Crippen LogP contribution < -0.4 is 0 Å². The van der Waals surface area contributed by atoms with Crippen molar-refractivity contribution in [1.29, 1.82) is 0 Å². The van der Waals surface area contributed by atoms with E-state index >= 15 is 0 Å². The molecule has 4 heteroatoms. The zero-order valence-electron chi connectivity index (χ0n) is 9.30. The predicted molar refractivity (Wildman–Crippen MR) is 70.4 cm³/mol. The van der Waals surface area contributed by atoms with E-state index in [9.17, 15) is 5.11 Å². The van der Waals surface area contributed by atoms with Crippen LogP contribution in [0.5, 0.6) is 0 Å². The summed E-state index contributed by atoms with van der Waals surface area (Å²) in [6, 6.07) is 11.3. The Morgan fingerprint density at radius 2 is 1.94 bits per heavy atom. The van der Waals surface area contributed by atoms with Crippen LogP contribution >= 0.6 is 23.4 Å². The highest BCUT2D eigenvalue weighted by Crippen LogP contribution is 2.31. The number of benzene rings is 1. The molecule has 1 aromatic heterocycles. The first-order valence-corrected chi connectivity index (χ1v) is 6.42. The Labute approximate surface area is 110 Å². The lowest BCUT2D eigenvalue weighted by Gasteiger charge is -2.09. The van der Waals surface area contributed by atoms with Crippen molar-refractivity contribution in [3.8, 4) is 0 Å². The normalized spacial score (nSPS) is 12.4. The molecule has 0 bridgehead atoms. The van der Waals surface area contributed by atoms with Gasteiger partial charge in [0, 0.05) is 21.7 Å². The fraction of sp³-hybridized carbons (Fsp3) is 0.154. The van der Waals surface area contributed by atoms with Crippen molar-refractivity contribution in [2.75, 3.05) is 0 Å². The standard InChI is InChI=1S/C13H12ClNOS/c1-9(16)12-3-2-8-15-13(12)17-11-6-4-10(14)5-7-11/h2-9,16H,1H3/t9-/m0/s1. The lowest BCUT2D eigenvalue weighted by molar-refractivity contribution is 0.195. The quantitative estimate of drug-likeness (QED) is 0.913. The number of hydrogen-bond acceptors (Lipinski definition) is 3. The summed E-state index contributed by atoms with van der Waals surface area (Å²) in [5.74, 6) is 0. The average Bonchev–Trinajstić information content (AvgIpc) is 2.32. The molecule has 1 heterocycles. The van der Waals surface area contributed by atoms with Crippen molar-refractivity contribution < 1.29 is 5.11 Å². The summed E-state index contributed by atoms with van der Waals surface area (Å²) in [6.07, 6.45) is 1.21. The maximum Gasteiger partial charge on any atom is 0.106 e. The molecule has 1 N–H and O–H groups in total. The molecule has 0 amide bonds. The molecule has 2 aromatic rings. The Balaban J connectivity index is 2.26. The van der Waals surface area contributed by atoms with Gasteiger partial charge in [0.05, 0.1) is 6.10 Å². The van der Waals surface area contributed by atoms with Gasteiger partial charge in [-0.15, -0.1) is 0 Å². The first kappa shape index (κ1) is 12.4. The lowest BCUT2D eigenvalue weighted by Crippen LogP contribution is -1.95. The number of aromatic nitrogens is 1. The highest BCUT2D eigenvalue weighted by molar-refractivity contribution is 7.99. The third-order valence-corrected chi connectivity index (χ3v) is 3.57. The molecule has 0 spiro atoms. The molecule has 0 saturated heterocycles. The second-order valence-electron chi connectivity index (χ2n) is 3.63. The molecule has 1 aromatic carbocycles. The Hall–Kier alpha value is -1.03. The minimum atomic E-state index is -0.515. The summed E-state index contributed by atoms with van der Waals surface area (Å²) >= 11 is 7.35. The van der Waals surface area contributed by atoms with Crippen molar-refractivity contribution in [2.45, 2.75) is 22.9 Å². The van der Waals surface area contributed by atoms with Gasteiger partial charge in [0.1, 0.15) is 5.03 Å². The van der Waals surface area contributed by atoms with Gasteiger partial charge in [-0.1, -0.05) is 29.4 Å². The number of pyridine rings is 1. The molecule has 0 aliphatic heterocycles. The largest absolute Gasteiger partial charge is 0.389 e. The first-order valence-electron chi connectivity index (χ1n) is 5.23. The third kappa shape index (κ3) is 3.22. The summed E-state index contributed by atoms with van der Waals surface area (Å²) in [5.41, 5.74) is 0.840. The number of rotatable bonds is 3. The monoisotopic (exact) mass is 265 g/mol. The number of halogens is 1. The molecule has 0 fully saturated rings. The topological polar surface area (TPSA) is 33.1 Å². The Morgan fingerprint density at radius 1 is 1.24 bits per heavy atom. The van der Waals surface area contributed by atoms with E-state index in [1.807, 2.05) is 36.4 Å². The molecule has 88 valence electrons. The van der Waals surface area contributed by atoms with Gasteiger partial charge in [0.2, 0.25) is 0 Å². The summed E-state index contributed by atoms with van der Waals surface area (Å²) in [6.45, 7) is 1.74. The Morgan fingerprint density at radius 3 is 2.59 bits per heavy atom. The SMILES string of the molecule is C[C@H](O)c1cccnc1Sc1ccc(Cl)cc1. The van der Waals surface area contributed by atoms with E-state index in [0.29, 0.717) is 5.02 Å².